The van der Waals surface area contributed by atoms with E-state index >= 15 is 0 Å². The second-order valence-corrected chi connectivity index (χ2v) is 2.26. The Hall–Kier alpha value is -1.41. The summed E-state index contributed by atoms with van der Waals surface area (Å²) in [6.07, 6.45) is 3.12. The standard InChI is InChI=1S/C8H6N2O2.BrH/c9-5-7-1-3-10(4-2-7)6-8(11)12;/h1-4H,6H2;1H. The van der Waals surface area contributed by atoms with Gasteiger partial charge in [0.15, 0.2) is 12.4 Å². The van der Waals surface area contributed by atoms with Crippen LogP contribution in [0.15, 0.2) is 24.5 Å². The van der Waals surface area contributed by atoms with Crippen molar-refractivity contribution < 1.29 is 31.4 Å². The van der Waals surface area contributed by atoms with Crippen molar-refractivity contribution in [2.24, 2.45) is 0 Å². The van der Waals surface area contributed by atoms with Gasteiger partial charge in [-0.1, -0.05) is 0 Å². The van der Waals surface area contributed by atoms with Crippen molar-refractivity contribution in [3.63, 3.8) is 0 Å². The van der Waals surface area contributed by atoms with Crippen LogP contribution in [0.25, 0.3) is 0 Å². The molecular formula is C8H7BrN2O2. The molecule has 68 valence electrons. The number of aromatic nitrogens is 1. The summed E-state index contributed by atoms with van der Waals surface area (Å²) in [7, 11) is 0. The fraction of sp³-hybridized carbons (Fsp3) is 0.125. The van der Waals surface area contributed by atoms with Gasteiger partial charge >= 0.3 is 5.97 Å². The summed E-state index contributed by atoms with van der Waals surface area (Å²) in [6.45, 7) is -0.0777. The number of rotatable bonds is 2. The molecule has 0 fully saturated rings. The summed E-state index contributed by atoms with van der Waals surface area (Å²) >= 11 is 0. The van der Waals surface area contributed by atoms with E-state index in [1.165, 1.54) is 4.57 Å². The molecule has 0 amide bonds. The molecule has 13 heavy (non-hydrogen) atoms. The molecule has 0 spiro atoms. The van der Waals surface area contributed by atoms with Gasteiger partial charge in [-0.05, 0) is 0 Å². The molecule has 0 unspecified atom stereocenters. The molecule has 1 aromatic heterocycles. The lowest BCUT2D eigenvalue weighted by Gasteiger charge is -1.90. The molecule has 1 heterocycles. The highest BCUT2D eigenvalue weighted by Crippen LogP contribution is 1.90. The first-order valence-corrected chi connectivity index (χ1v) is 3.33. The summed E-state index contributed by atoms with van der Waals surface area (Å²) in [5.41, 5.74) is 0.525. The highest BCUT2D eigenvalue weighted by molar-refractivity contribution is 5.64. The Morgan fingerprint density at radius 2 is 2.08 bits per heavy atom. The molecule has 0 saturated carbocycles. The van der Waals surface area contributed by atoms with Gasteiger partial charge in [-0.3, -0.25) is 0 Å². The molecule has 0 aliphatic rings. The van der Waals surface area contributed by atoms with Gasteiger partial charge in [0, 0.05) is 12.1 Å². The summed E-state index contributed by atoms with van der Waals surface area (Å²) in [5.74, 6) is -0.898. The summed E-state index contributed by atoms with van der Waals surface area (Å²) in [4.78, 5) is 10.2. The molecule has 1 rings (SSSR count). The highest BCUT2D eigenvalue weighted by Gasteiger charge is 2.05. The average molecular weight is 243 g/mol. The third-order valence-corrected chi connectivity index (χ3v) is 1.34. The molecule has 0 aliphatic carbocycles. The van der Waals surface area contributed by atoms with E-state index in [1.807, 2.05) is 6.07 Å². The van der Waals surface area contributed by atoms with E-state index in [-0.39, 0.29) is 23.5 Å². The van der Waals surface area contributed by atoms with Gasteiger partial charge in [-0.25, -0.2) is 4.79 Å². The van der Waals surface area contributed by atoms with E-state index in [9.17, 15) is 4.79 Å². The quantitative estimate of drug-likeness (QED) is 0.561. The van der Waals surface area contributed by atoms with Gasteiger partial charge in [-0.2, -0.15) is 9.83 Å². The summed E-state index contributed by atoms with van der Waals surface area (Å²) in [5, 5.41) is 16.8. The maximum Gasteiger partial charge on any atom is 0.370 e. The number of carboxylic acids is 1. The van der Waals surface area contributed by atoms with E-state index < -0.39 is 5.97 Å². The number of carbonyl (C=O) groups is 1. The van der Waals surface area contributed by atoms with Gasteiger partial charge in [0.2, 0.25) is 6.54 Å². The van der Waals surface area contributed by atoms with E-state index in [0.29, 0.717) is 5.56 Å². The molecule has 5 heteroatoms. The van der Waals surface area contributed by atoms with Crippen LogP contribution in [-0.2, 0) is 11.3 Å². The first kappa shape index (κ1) is 11.6. The Morgan fingerprint density at radius 1 is 1.54 bits per heavy atom. The summed E-state index contributed by atoms with van der Waals surface area (Å²) in [6, 6.07) is 5.09. The van der Waals surface area contributed by atoms with Crippen molar-refractivity contribution in [1.82, 2.24) is 0 Å². The minimum Gasteiger partial charge on any atom is -1.00 e. The SMILES string of the molecule is N#Cc1cc[n+](CC(=O)O)cc1.[Br-]. The van der Waals surface area contributed by atoms with Crippen LogP contribution in [0.3, 0.4) is 0 Å². The number of halogens is 1. The zero-order chi connectivity index (χ0) is 8.97. The molecule has 0 radical (unpaired) electrons. The van der Waals surface area contributed by atoms with Gasteiger partial charge in [-0.15, -0.1) is 0 Å². The van der Waals surface area contributed by atoms with Gasteiger partial charge < -0.3 is 22.1 Å². The highest BCUT2D eigenvalue weighted by atomic mass is 79.9. The number of nitriles is 1. The monoisotopic (exact) mass is 242 g/mol. The molecule has 4 nitrogen and oxygen atoms in total. The maximum absolute atomic E-state index is 10.2. The zero-order valence-corrected chi connectivity index (χ0v) is 8.23. The molecule has 0 atom stereocenters. The normalized spacial score (nSPS) is 8.23. The predicted molar refractivity (Wildman–Crippen MR) is 39.0 cm³/mol. The van der Waals surface area contributed by atoms with E-state index in [4.69, 9.17) is 10.4 Å². The lowest BCUT2D eigenvalue weighted by Crippen LogP contribution is -3.00. The largest absolute Gasteiger partial charge is 1.00 e. The first-order chi connectivity index (χ1) is 5.72. The third kappa shape index (κ3) is 3.67. The Kier molecular flexibility index (Phi) is 4.70. The Balaban J connectivity index is 0.00000144. The molecule has 0 saturated heterocycles. The van der Waals surface area contributed by atoms with Crippen LogP contribution in [-0.4, -0.2) is 11.1 Å². The number of carboxylic acid groups (broad SMARTS) is 1. The topological polar surface area (TPSA) is 65.0 Å². The van der Waals surface area contributed by atoms with Crippen molar-refractivity contribution in [2.75, 3.05) is 0 Å². The van der Waals surface area contributed by atoms with Crippen LogP contribution in [0.2, 0.25) is 0 Å². The van der Waals surface area contributed by atoms with Crippen molar-refractivity contribution in [2.45, 2.75) is 6.54 Å². The Bertz CT molecular complexity index is 329. The van der Waals surface area contributed by atoms with Crippen LogP contribution >= 0.6 is 0 Å². The van der Waals surface area contributed by atoms with Crippen LogP contribution in [0.4, 0.5) is 0 Å². The molecule has 0 aromatic carbocycles. The number of pyridine rings is 1. The number of aliphatic carboxylic acids is 1. The van der Waals surface area contributed by atoms with Crippen molar-refractivity contribution in [1.29, 1.82) is 5.26 Å². The van der Waals surface area contributed by atoms with Crippen LogP contribution in [0.5, 0.6) is 0 Å². The van der Waals surface area contributed by atoms with Crippen molar-refractivity contribution >= 4 is 5.97 Å². The minimum absolute atomic E-state index is 0. The first-order valence-electron chi connectivity index (χ1n) is 3.33. The molecule has 0 aliphatic heterocycles. The Morgan fingerprint density at radius 3 is 2.46 bits per heavy atom. The number of hydrogen-bond donors (Lipinski definition) is 1. The molecule has 1 N–H and O–H groups in total. The van der Waals surface area contributed by atoms with Crippen LogP contribution in [0.1, 0.15) is 5.56 Å². The fourth-order valence-electron chi connectivity index (χ4n) is 0.793. The van der Waals surface area contributed by atoms with E-state index in [2.05, 4.69) is 0 Å². The predicted octanol–water partition coefficient (Wildman–Crippen LogP) is -3.07. The molecule has 0 bridgehead atoms. The lowest BCUT2D eigenvalue weighted by molar-refractivity contribution is -0.685. The zero-order valence-electron chi connectivity index (χ0n) is 6.64. The van der Waals surface area contributed by atoms with Crippen LogP contribution in [0, 0.1) is 11.3 Å². The Labute approximate surface area is 85.8 Å². The maximum atomic E-state index is 10.2. The van der Waals surface area contributed by atoms with Crippen molar-refractivity contribution in [3.8, 4) is 6.07 Å². The molecule has 1 aromatic rings. The van der Waals surface area contributed by atoms with Gasteiger partial charge in [0.25, 0.3) is 0 Å². The minimum atomic E-state index is -0.898. The lowest BCUT2D eigenvalue weighted by atomic mass is 10.3. The smallest absolute Gasteiger partial charge is 0.370 e. The van der Waals surface area contributed by atoms with Crippen molar-refractivity contribution in [3.05, 3.63) is 30.1 Å². The number of hydrogen-bond acceptors (Lipinski definition) is 2. The van der Waals surface area contributed by atoms with Gasteiger partial charge in [0.1, 0.15) is 0 Å². The second kappa shape index (κ2) is 5.27. The van der Waals surface area contributed by atoms with Crippen LogP contribution < -0.4 is 21.5 Å². The van der Waals surface area contributed by atoms with E-state index in [0.717, 1.165) is 0 Å². The average Bonchev–Trinajstić information content (AvgIpc) is 2.05. The number of nitrogens with zero attached hydrogens (tertiary/aromatic N) is 2. The summed E-state index contributed by atoms with van der Waals surface area (Å²) < 4.78 is 1.49. The van der Waals surface area contributed by atoms with Gasteiger partial charge in [0.05, 0.1) is 11.6 Å². The third-order valence-electron chi connectivity index (χ3n) is 1.34. The van der Waals surface area contributed by atoms with E-state index in [1.54, 1.807) is 24.5 Å². The fourth-order valence-corrected chi connectivity index (χ4v) is 0.793. The second-order valence-electron chi connectivity index (χ2n) is 2.26. The molecular weight excluding hydrogens is 236 g/mol.